The van der Waals surface area contributed by atoms with E-state index in [1.54, 1.807) is 23.9 Å². The largest absolute Gasteiger partial charge is 0.325 e. The van der Waals surface area contributed by atoms with Crippen molar-refractivity contribution in [1.29, 1.82) is 0 Å². The first-order valence-electron chi connectivity index (χ1n) is 7.62. The standard InChI is InChI=1S/C16H19N3O3S/c1-23-12-6-4-11(5-7-12)17-13(20)10-19-14(21)16(18-15(19)22)8-2-3-9-16/h4-7H,2-3,8-10H2,1H3,(H,17,20)(H,18,22). The molecule has 1 heterocycles. The van der Waals surface area contributed by atoms with Gasteiger partial charge in [0, 0.05) is 10.6 Å². The minimum Gasteiger partial charge on any atom is -0.325 e. The van der Waals surface area contributed by atoms with Crippen molar-refractivity contribution in [2.24, 2.45) is 0 Å². The lowest BCUT2D eigenvalue weighted by Gasteiger charge is -2.19. The molecule has 0 radical (unpaired) electrons. The predicted octanol–water partition coefficient (Wildman–Crippen LogP) is 2.21. The van der Waals surface area contributed by atoms with Gasteiger partial charge in [0.1, 0.15) is 12.1 Å². The number of amides is 4. The summed E-state index contributed by atoms with van der Waals surface area (Å²) in [6, 6.07) is 6.94. The van der Waals surface area contributed by atoms with Gasteiger partial charge < -0.3 is 10.6 Å². The number of hydrogen-bond acceptors (Lipinski definition) is 4. The number of anilines is 1. The zero-order valence-electron chi connectivity index (χ0n) is 12.9. The number of imide groups is 1. The molecule has 0 atom stereocenters. The number of carbonyl (C=O) groups excluding carboxylic acids is 3. The quantitative estimate of drug-likeness (QED) is 0.654. The number of urea groups is 1. The first kappa shape index (κ1) is 15.9. The fraction of sp³-hybridized carbons (Fsp3) is 0.438. The van der Waals surface area contributed by atoms with E-state index >= 15 is 0 Å². The summed E-state index contributed by atoms with van der Waals surface area (Å²) < 4.78 is 0. The van der Waals surface area contributed by atoms with Crippen LogP contribution in [-0.4, -0.2) is 41.1 Å². The number of hydrogen-bond donors (Lipinski definition) is 2. The molecule has 0 unspecified atom stereocenters. The lowest BCUT2D eigenvalue weighted by atomic mass is 9.98. The number of nitrogens with one attached hydrogen (secondary N) is 2. The lowest BCUT2D eigenvalue weighted by molar-refractivity contribution is -0.133. The number of carbonyl (C=O) groups is 3. The molecule has 2 aliphatic rings. The average molecular weight is 333 g/mol. The molecule has 23 heavy (non-hydrogen) atoms. The lowest BCUT2D eigenvalue weighted by Crippen LogP contribution is -2.44. The zero-order valence-corrected chi connectivity index (χ0v) is 13.7. The Hall–Kier alpha value is -2.02. The summed E-state index contributed by atoms with van der Waals surface area (Å²) in [5.74, 6) is -0.645. The molecule has 1 aliphatic heterocycles. The third-order valence-corrected chi connectivity index (χ3v) is 5.12. The van der Waals surface area contributed by atoms with Crippen molar-refractivity contribution in [3.8, 4) is 0 Å². The smallest absolute Gasteiger partial charge is 0.325 e. The van der Waals surface area contributed by atoms with Crippen LogP contribution in [-0.2, 0) is 9.59 Å². The van der Waals surface area contributed by atoms with E-state index in [0.29, 0.717) is 18.5 Å². The fourth-order valence-electron chi connectivity index (χ4n) is 3.16. The number of rotatable bonds is 4. The van der Waals surface area contributed by atoms with Crippen LogP contribution in [0.5, 0.6) is 0 Å². The molecule has 1 aromatic carbocycles. The first-order chi connectivity index (χ1) is 11.0. The summed E-state index contributed by atoms with van der Waals surface area (Å²) in [7, 11) is 0. The van der Waals surface area contributed by atoms with Gasteiger partial charge in [0.15, 0.2) is 0 Å². The Bertz CT molecular complexity index is 638. The number of benzene rings is 1. The van der Waals surface area contributed by atoms with Gasteiger partial charge in [0.25, 0.3) is 5.91 Å². The van der Waals surface area contributed by atoms with E-state index < -0.39 is 11.6 Å². The molecule has 7 heteroatoms. The van der Waals surface area contributed by atoms with Crippen molar-refractivity contribution < 1.29 is 14.4 Å². The van der Waals surface area contributed by atoms with E-state index in [1.165, 1.54) is 0 Å². The Morgan fingerprint density at radius 2 is 1.91 bits per heavy atom. The van der Waals surface area contributed by atoms with Gasteiger partial charge in [-0.15, -0.1) is 11.8 Å². The topological polar surface area (TPSA) is 78.5 Å². The highest BCUT2D eigenvalue weighted by atomic mass is 32.2. The summed E-state index contributed by atoms with van der Waals surface area (Å²) in [5.41, 5.74) is -0.118. The minimum absolute atomic E-state index is 0.253. The van der Waals surface area contributed by atoms with Gasteiger partial charge in [-0.25, -0.2) is 4.79 Å². The van der Waals surface area contributed by atoms with Crippen molar-refractivity contribution in [1.82, 2.24) is 10.2 Å². The van der Waals surface area contributed by atoms with Crippen molar-refractivity contribution in [3.05, 3.63) is 24.3 Å². The number of nitrogens with zero attached hydrogens (tertiary/aromatic N) is 1. The van der Waals surface area contributed by atoms with Crippen LogP contribution in [0.1, 0.15) is 25.7 Å². The van der Waals surface area contributed by atoms with Gasteiger partial charge in [-0.3, -0.25) is 14.5 Å². The molecule has 0 aromatic heterocycles. The van der Waals surface area contributed by atoms with E-state index in [9.17, 15) is 14.4 Å². The fourth-order valence-corrected chi connectivity index (χ4v) is 3.56. The van der Waals surface area contributed by atoms with Crippen LogP contribution in [0, 0.1) is 0 Å². The van der Waals surface area contributed by atoms with Gasteiger partial charge in [-0.05, 0) is 43.4 Å². The van der Waals surface area contributed by atoms with E-state index in [0.717, 1.165) is 22.6 Å². The SMILES string of the molecule is CSc1ccc(NC(=O)CN2C(=O)NC3(CCCC3)C2=O)cc1. The van der Waals surface area contributed by atoms with Crippen molar-refractivity contribution >= 4 is 35.3 Å². The third kappa shape index (κ3) is 3.06. The molecule has 4 amide bonds. The van der Waals surface area contributed by atoms with Crippen LogP contribution in [0.3, 0.4) is 0 Å². The Morgan fingerprint density at radius 3 is 2.52 bits per heavy atom. The molecular weight excluding hydrogens is 314 g/mol. The maximum Gasteiger partial charge on any atom is 0.325 e. The van der Waals surface area contributed by atoms with Crippen molar-refractivity contribution in [3.63, 3.8) is 0 Å². The molecule has 2 N–H and O–H groups in total. The Kier molecular flexibility index (Phi) is 4.30. The van der Waals surface area contributed by atoms with E-state index in [4.69, 9.17) is 0 Å². The van der Waals surface area contributed by atoms with Gasteiger partial charge in [-0.1, -0.05) is 12.8 Å². The van der Waals surface area contributed by atoms with Crippen molar-refractivity contribution in [2.75, 3.05) is 18.1 Å². The van der Waals surface area contributed by atoms with E-state index in [2.05, 4.69) is 10.6 Å². The molecule has 122 valence electrons. The highest BCUT2D eigenvalue weighted by molar-refractivity contribution is 7.98. The summed E-state index contributed by atoms with van der Waals surface area (Å²) in [6.45, 7) is -0.253. The van der Waals surface area contributed by atoms with Gasteiger partial charge in [0.05, 0.1) is 0 Å². The Balaban J connectivity index is 1.63. The van der Waals surface area contributed by atoms with Gasteiger partial charge >= 0.3 is 6.03 Å². The summed E-state index contributed by atoms with van der Waals surface area (Å²) in [6.07, 6.45) is 5.14. The molecule has 1 aliphatic carbocycles. The van der Waals surface area contributed by atoms with Crippen LogP contribution in [0.4, 0.5) is 10.5 Å². The maximum absolute atomic E-state index is 12.5. The van der Waals surface area contributed by atoms with E-state index in [1.807, 2.05) is 18.4 Å². The molecule has 1 saturated carbocycles. The second-order valence-corrected chi connectivity index (χ2v) is 6.77. The Morgan fingerprint density at radius 1 is 1.26 bits per heavy atom. The normalized spacial score (nSPS) is 19.3. The van der Waals surface area contributed by atoms with Crippen LogP contribution in [0.15, 0.2) is 29.2 Å². The molecule has 1 saturated heterocycles. The third-order valence-electron chi connectivity index (χ3n) is 4.38. The minimum atomic E-state index is -0.767. The predicted molar refractivity (Wildman–Crippen MR) is 88.3 cm³/mol. The monoisotopic (exact) mass is 333 g/mol. The summed E-state index contributed by atoms with van der Waals surface area (Å²) >= 11 is 1.62. The molecule has 6 nitrogen and oxygen atoms in total. The highest BCUT2D eigenvalue weighted by Crippen LogP contribution is 2.34. The van der Waals surface area contributed by atoms with Gasteiger partial charge in [0.2, 0.25) is 5.91 Å². The molecule has 1 spiro atoms. The van der Waals surface area contributed by atoms with Crippen LogP contribution >= 0.6 is 11.8 Å². The number of thioether (sulfide) groups is 1. The molecule has 2 fully saturated rings. The van der Waals surface area contributed by atoms with Crippen LogP contribution in [0.2, 0.25) is 0 Å². The molecule has 1 aromatic rings. The molecular formula is C16H19N3O3S. The van der Waals surface area contributed by atoms with Gasteiger partial charge in [-0.2, -0.15) is 0 Å². The first-order valence-corrected chi connectivity index (χ1v) is 8.84. The summed E-state index contributed by atoms with van der Waals surface area (Å²) in [5, 5.41) is 5.49. The molecule has 3 rings (SSSR count). The maximum atomic E-state index is 12.5. The average Bonchev–Trinajstić information content (AvgIpc) is 3.09. The summed E-state index contributed by atoms with van der Waals surface area (Å²) in [4.78, 5) is 38.7. The Labute approximate surface area is 139 Å². The molecule has 0 bridgehead atoms. The van der Waals surface area contributed by atoms with Crippen LogP contribution in [0.25, 0.3) is 0 Å². The second kappa shape index (κ2) is 6.23. The zero-order chi connectivity index (χ0) is 16.4. The van der Waals surface area contributed by atoms with E-state index in [-0.39, 0.29) is 18.4 Å². The highest BCUT2D eigenvalue weighted by Gasteiger charge is 2.52. The van der Waals surface area contributed by atoms with Crippen LogP contribution < -0.4 is 10.6 Å². The second-order valence-electron chi connectivity index (χ2n) is 5.89. The van der Waals surface area contributed by atoms with Crippen molar-refractivity contribution in [2.45, 2.75) is 36.1 Å².